The summed E-state index contributed by atoms with van der Waals surface area (Å²) in [5.74, 6) is -0.114. The molecule has 0 bridgehead atoms. The molecule has 2 heterocycles. The minimum atomic E-state index is -0.0928. The van der Waals surface area contributed by atoms with Gasteiger partial charge in [-0.3, -0.25) is 14.5 Å². The van der Waals surface area contributed by atoms with Gasteiger partial charge in [0.05, 0.1) is 11.8 Å². The first-order chi connectivity index (χ1) is 8.77. The SMILES string of the molecule is O=C1C2CC=CCC2C(=O)N1CC1=CCNCC1. The minimum absolute atomic E-state index is 0.0359. The van der Waals surface area contributed by atoms with Gasteiger partial charge in [-0.25, -0.2) is 0 Å². The number of carbonyl (C=O) groups excluding carboxylic acids is 2. The zero-order chi connectivity index (χ0) is 12.5. The first-order valence-corrected chi connectivity index (χ1v) is 6.66. The van der Waals surface area contributed by atoms with E-state index < -0.39 is 0 Å². The Morgan fingerprint density at radius 3 is 2.39 bits per heavy atom. The summed E-state index contributed by atoms with van der Waals surface area (Å²) in [6, 6.07) is 0. The smallest absolute Gasteiger partial charge is 0.233 e. The van der Waals surface area contributed by atoms with Gasteiger partial charge in [0, 0.05) is 13.1 Å². The molecule has 0 aromatic rings. The fraction of sp³-hybridized carbons (Fsp3) is 0.571. The predicted molar refractivity (Wildman–Crippen MR) is 67.6 cm³/mol. The molecule has 2 atom stereocenters. The van der Waals surface area contributed by atoms with Crippen molar-refractivity contribution in [3.8, 4) is 0 Å². The van der Waals surface area contributed by atoms with Crippen molar-refractivity contribution >= 4 is 11.8 Å². The van der Waals surface area contributed by atoms with E-state index >= 15 is 0 Å². The fourth-order valence-corrected chi connectivity index (χ4v) is 3.04. The van der Waals surface area contributed by atoms with Gasteiger partial charge in [0.1, 0.15) is 0 Å². The Balaban J connectivity index is 1.75. The molecule has 2 unspecified atom stereocenters. The molecule has 0 aromatic heterocycles. The molecule has 0 spiro atoms. The van der Waals surface area contributed by atoms with Gasteiger partial charge in [-0.15, -0.1) is 0 Å². The summed E-state index contributed by atoms with van der Waals surface area (Å²) in [4.78, 5) is 26.0. The number of carbonyl (C=O) groups is 2. The molecular weight excluding hydrogens is 228 g/mol. The number of hydrogen-bond donors (Lipinski definition) is 1. The zero-order valence-corrected chi connectivity index (χ0v) is 10.4. The molecule has 1 saturated heterocycles. The number of allylic oxidation sites excluding steroid dienone is 2. The average Bonchev–Trinajstić information content (AvgIpc) is 2.66. The monoisotopic (exact) mass is 246 g/mol. The molecule has 2 aliphatic heterocycles. The molecule has 1 aliphatic carbocycles. The number of imide groups is 1. The number of nitrogens with zero attached hydrogens (tertiary/aromatic N) is 1. The van der Waals surface area contributed by atoms with E-state index in [1.807, 2.05) is 12.2 Å². The van der Waals surface area contributed by atoms with E-state index in [2.05, 4.69) is 11.4 Å². The van der Waals surface area contributed by atoms with E-state index in [0.29, 0.717) is 6.54 Å². The molecule has 0 aromatic carbocycles. The van der Waals surface area contributed by atoms with Crippen molar-refractivity contribution in [3.63, 3.8) is 0 Å². The molecule has 0 radical (unpaired) electrons. The van der Waals surface area contributed by atoms with Crippen LogP contribution in [0.1, 0.15) is 19.3 Å². The molecule has 3 rings (SSSR count). The number of amides is 2. The van der Waals surface area contributed by atoms with Crippen LogP contribution >= 0.6 is 0 Å². The standard InChI is InChI=1S/C14H18N2O2/c17-13-11-3-1-2-4-12(11)14(18)16(13)9-10-5-7-15-8-6-10/h1-2,5,11-12,15H,3-4,6-9H2. The molecule has 0 saturated carbocycles. The number of fused-ring (bicyclic) bond motifs is 1. The van der Waals surface area contributed by atoms with Crippen molar-refractivity contribution < 1.29 is 9.59 Å². The van der Waals surface area contributed by atoms with Gasteiger partial charge in [0.2, 0.25) is 11.8 Å². The third-order valence-corrected chi connectivity index (χ3v) is 4.12. The number of hydrogen-bond acceptors (Lipinski definition) is 3. The van der Waals surface area contributed by atoms with E-state index in [1.54, 1.807) is 0 Å². The van der Waals surface area contributed by atoms with Crippen molar-refractivity contribution in [1.82, 2.24) is 10.2 Å². The van der Waals surface area contributed by atoms with Crippen molar-refractivity contribution in [3.05, 3.63) is 23.8 Å². The Bertz CT molecular complexity index is 413. The minimum Gasteiger partial charge on any atom is -0.313 e. The lowest BCUT2D eigenvalue weighted by molar-refractivity contribution is -0.139. The van der Waals surface area contributed by atoms with Crippen molar-refractivity contribution in [2.24, 2.45) is 11.8 Å². The van der Waals surface area contributed by atoms with Crippen LogP contribution in [0.2, 0.25) is 0 Å². The van der Waals surface area contributed by atoms with Gasteiger partial charge in [0.25, 0.3) is 0 Å². The summed E-state index contributed by atoms with van der Waals surface area (Å²) >= 11 is 0. The van der Waals surface area contributed by atoms with Crippen LogP contribution in [-0.4, -0.2) is 36.3 Å². The van der Waals surface area contributed by atoms with Gasteiger partial charge < -0.3 is 5.32 Å². The molecule has 4 nitrogen and oxygen atoms in total. The van der Waals surface area contributed by atoms with Gasteiger partial charge in [-0.2, -0.15) is 0 Å². The Kier molecular flexibility index (Phi) is 3.04. The maximum absolute atomic E-state index is 12.3. The normalized spacial score (nSPS) is 31.6. The van der Waals surface area contributed by atoms with Crippen molar-refractivity contribution in [1.29, 1.82) is 0 Å². The Morgan fingerprint density at radius 2 is 1.83 bits per heavy atom. The third kappa shape index (κ3) is 1.90. The van der Waals surface area contributed by atoms with Gasteiger partial charge in [-0.05, 0) is 25.8 Å². The van der Waals surface area contributed by atoms with Crippen LogP contribution in [0.3, 0.4) is 0 Å². The van der Waals surface area contributed by atoms with Crippen molar-refractivity contribution in [2.45, 2.75) is 19.3 Å². The van der Waals surface area contributed by atoms with Crippen LogP contribution in [0.15, 0.2) is 23.8 Å². The number of rotatable bonds is 2. The first kappa shape index (κ1) is 11.7. The summed E-state index contributed by atoms with van der Waals surface area (Å²) < 4.78 is 0. The van der Waals surface area contributed by atoms with E-state index in [1.165, 1.54) is 10.5 Å². The highest BCUT2D eigenvalue weighted by Gasteiger charge is 2.47. The zero-order valence-electron chi connectivity index (χ0n) is 10.4. The van der Waals surface area contributed by atoms with E-state index in [-0.39, 0.29) is 23.7 Å². The molecular formula is C14H18N2O2. The maximum atomic E-state index is 12.3. The van der Waals surface area contributed by atoms with Crippen molar-refractivity contribution in [2.75, 3.05) is 19.6 Å². The molecule has 3 aliphatic rings. The van der Waals surface area contributed by atoms with Crippen LogP contribution in [0, 0.1) is 11.8 Å². The lowest BCUT2D eigenvalue weighted by atomic mass is 9.85. The van der Waals surface area contributed by atoms with Crippen LogP contribution in [0.25, 0.3) is 0 Å². The second-order valence-electron chi connectivity index (χ2n) is 5.23. The summed E-state index contributed by atoms with van der Waals surface area (Å²) in [5.41, 5.74) is 1.21. The molecule has 1 N–H and O–H groups in total. The summed E-state index contributed by atoms with van der Waals surface area (Å²) in [7, 11) is 0. The molecule has 4 heteroatoms. The summed E-state index contributed by atoms with van der Waals surface area (Å²) in [5, 5.41) is 3.24. The van der Waals surface area contributed by atoms with E-state index in [0.717, 1.165) is 32.4 Å². The molecule has 2 amide bonds. The second-order valence-corrected chi connectivity index (χ2v) is 5.23. The highest BCUT2D eigenvalue weighted by molar-refractivity contribution is 6.05. The topological polar surface area (TPSA) is 49.4 Å². The fourth-order valence-electron chi connectivity index (χ4n) is 3.04. The Hall–Kier alpha value is -1.42. The Morgan fingerprint density at radius 1 is 1.17 bits per heavy atom. The Labute approximate surface area is 107 Å². The molecule has 96 valence electrons. The highest BCUT2D eigenvalue weighted by atomic mass is 16.2. The number of likely N-dealkylation sites (tertiary alicyclic amines) is 1. The highest BCUT2D eigenvalue weighted by Crippen LogP contribution is 2.35. The van der Waals surface area contributed by atoms with Gasteiger partial charge >= 0.3 is 0 Å². The largest absolute Gasteiger partial charge is 0.313 e. The second kappa shape index (κ2) is 4.69. The lowest BCUT2D eigenvalue weighted by Crippen LogP contribution is -2.35. The third-order valence-electron chi connectivity index (χ3n) is 4.12. The van der Waals surface area contributed by atoms with Gasteiger partial charge in [-0.1, -0.05) is 23.8 Å². The maximum Gasteiger partial charge on any atom is 0.233 e. The average molecular weight is 246 g/mol. The first-order valence-electron chi connectivity index (χ1n) is 6.66. The summed E-state index contributed by atoms with van der Waals surface area (Å²) in [6.45, 7) is 2.29. The molecule has 18 heavy (non-hydrogen) atoms. The summed E-state index contributed by atoms with van der Waals surface area (Å²) in [6.07, 6.45) is 8.55. The van der Waals surface area contributed by atoms with Crippen LogP contribution in [-0.2, 0) is 9.59 Å². The number of nitrogens with one attached hydrogen (secondary N) is 1. The molecule has 1 fully saturated rings. The predicted octanol–water partition coefficient (Wildman–Crippen LogP) is 0.857. The van der Waals surface area contributed by atoms with Crippen LogP contribution < -0.4 is 5.32 Å². The van der Waals surface area contributed by atoms with E-state index in [9.17, 15) is 9.59 Å². The van der Waals surface area contributed by atoms with E-state index in [4.69, 9.17) is 0 Å². The van der Waals surface area contributed by atoms with Crippen LogP contribution in [0.4, 0.5) is 0 Å². The quantitative estimate of drug-likeness (QED) is 0.580. The lowest BCUT2D eigenvalue weighted by Gasteiger charge is -2.20. The van der Waals surface area contributed by atoms with Crippen LogP contribution in [0.5, 0.6) is 0 Å². The van der Waals surface area contributed by atoms with Gasteiger partial charge in [0.15, 0.2) is 0 Å².